The summed E-state index contributed by atoms with van der Waals surface area (Å²) in [4.78, 5) is 0. The van der Waals surface area contributed by atoms with Crippen molar-refractivity contribution in [3.8, 4) is 0 Å². The smallest absolute Gasteiger partial charge is 0.105 e. The molecule has 0 aliphatic heterocycles. The van der Waals surface area contributed by atoms with Gasteiger partial charge in [-0.25, -0.2) is 0 Å². The van der Waals surface area contributed by atoms with E-state index in [1.807, 2.05) is 0 Å². The van der Waals surface area contributed by atoms with E-state index in [1.54, 1.807) is 0 Å². The monoisotopic (exact) mass is 274 g/mol. The van der Waals surface area contributed by atoms with Crippen LogP contribution < -0.4 is 0 Å². The predicted molar refractivity (Wildman–Crippen MR) is 82.1 cm³/mol. The molecule has 0 aliphatic carbocycles. The highest BCUT2D eigenvalue weighted by Gasteiger charge is 2.23. The Balaban J connectivity index is 3.87. The topological polar surface area (TPSA) is 40.5 Å². The lowest BCUT2D eigenvalue weighted by Crippen LogP contribution is -2.49. The lowest BCUT2D eigenvalue weighted by molar-refractivity contribution is -0.896. The first-order valence-corrected chi connectivity index (χ1v) is 8.09. The van der Waals surface area contributed by atoms with Crippen LogP contribution in [0.15, 0.2) is 0 Å². The van der Waals surface area contributed by atoms with E-state index in [0.717, 1.165) is 38.8 Å². The number of hydrogen-bond donors (Lipinski definition) is 2. The molecule has 0 spiro atoms. The zero-order valence-corrected chi connectivity index (χ0v) is 13.6. The van der Waals surface area contributed by atoms with Crippen LogP contribution in [-0.2, 0) is 0 Å². The van der Waals surface area contributed by atoms with E-state index in [-0.39, 0.29) is 12.2 Å². The van der Waals surface area contributed by atoms with Crippen molar-refractivity contribution >= 4 is 0 Å². The summed E-state index contributed by atoms with van der Waals surface area (Å²) in [6, 6.07) is 0. The Morgan fingerprint density at radius 3 is 1.42 bits per heavy atom. The van der Waals surface area contributed by atoms with Crippen molar-refractivity contribution in [1.29, 1.82) is 0 Å². The highest BCUT2D eigenvalue weighted by molar-refractivity contribution is 4.59. The minimum absolute atomic E-state index is 0.232. The van der Waals surface area contributed by atoms with Crippen molar-refractivity contribution in [2.75, 3.05) is 27.2 Å². The molecular weight excluding hydrogens is 238 g/mol. The molecule has 0 fully saturated rings. The van der Waals surface area contributed by atoms with Gasteiger partial charge in [-0.15, -0.1) is 0 Å². The van der Waals surface area contributed by atoms with Crippen LogP contribution in [-0.4, -0.2) is 54.1 Å². The van der Waals surface area contributed by atoms with Crippen molar-refractivity contribution in [3.63, 3.8) is 0 Å². The SMILES string of the molecule is CCCCCC(O)C[N+](C)(C)CC(O)CCCCC. The standard InChI is InChI=1S/C16H36NO2/c1-5-7-9-11-15(18)13-17(3,4)14-16(19)12-10-8-6-2/h15-16,18-19H,5-14H2,1-4H3/q+1. The molecule has 0 aromatic carbocycles. The van der Waals surface area contributed by atoms with Gasteiger partial charge in [-0.1, -0.05) is 52.4 Å². The van der Waals surface area contributed by atoms with Gasteiger partial charge in [-0.3, -0.25) is 0 Å². The van der Waals surface area contributed by atoms with Crippen molar-refractivity contribution in [1.82, 2.24) is 0 Å². The number of aliphatic hydroxyl groups is 2. The second kappa shape index (κ2) is 10.6. The van der Waals surface area contributed by atoms with Crippen LogP contribution in [0.5, 0.6) is 0 Å². The Kier molecular flexibility index (Phi) is 10.6. The zero-order valence-electron chi connectivity index (χ0n) is 13.6. The van der Waals surface area contributed by atoms with Crippen molar-refractivity contribution in [2.45, 2.75) is 77.4 Å². The molecule has 2 atom stereocenters. The molecule has 0 saturated heterocycles. The van der Waals surface area contributed by atoms with E-state index in [0.29, 0.717) is 4.48 Å². The maximum absolute atomic E-state index is 10.0. The molecule has 0 rings (SSSR count). The second-order valence-corrected chi connectivity index (χ2v) is 6.60. The van der Waals surface area contributed by atoms with Crippen LogP contribution in [0.3, 0.4) is 0 Å². The molecule has 0 aliphatic rings. The van der Waals surface area contributed by atoms with E-state index in [9.17, 15) is 10.2 Å². The fraction of sp³-hybridized carbons (Fsp3) is 1.00. The number of quaternary nitrogens is 1. The molecule has 0 amide bonds. The van der Waals surface area contributed by atoms with E-state index < -0.39 is 0 Å². The Morgan fingerprint density at radius 2 is 1.11 bits per heavy atom. The van der Waals surface area contributed by atoms with Crippen LogP contribution in [0, 0.1) is 0 Å². The Bertz CT molecular complexity index is 187. The number of rotatable bonds is 12. The summed E-state index contributed by atoms with van der Waals surface area (Å²) < 4.78 is 0.709. The minimum atomic E-state index is -0.232. The van der Waals surface area contributed by atoms with Gasteiger partial charge in [0.1, 0.15) is 25.3 Å². The molecule has 2 N–H and O–H groups in total. The average Bonchev–Trinajstić information content (AvgIpc) is 2.28. The molecule has 0 radical (unpaired) electrons. The van der Waals surface area contributed by atoms with Crippen LogP contribution >= 0.6 is 0 Å². The first-order chi connectivity index (χ1) is 8.91. The van der Waals surface area contributed by atoms with Crippen LogP contribution in [0.1, 0.15) is 65.2 Å². The zero-order chi connectivity index (χ0) is 14.7. The summed E-state index contributed by atoms with van der Waals surface area (Å²) in [5.74, 6) is 0. The summed E-state index contributed by atoms with van der Waals surface area (Å²) in [6.45, 7) is 5.85. The van der Waals surface area contributed by atoms with Gasteiger partial charge in [0.15, 0.2) is 0 Å². The highest BCUT2D eigenvalue weighted by atomic mass is 16.3. The van der Waals surface area contributed by atoms with E-state index in [4.69, 9.17) is 0 Å². The maximum atomic E-state index is 10.0. The van der Waals surface area contributed by atoms with Crippen molar-refractivity contribution < 1.29 is 14.7 Å². The number of nitrogens with zero attached hydrogens (tertiary/aromatic N) is 1. The number of likely N-dealkylation sites (N-methyl/N-ethyl adjacent to an activating group) is 1. The summed E-state index contributed by atoms with van der Waals surface area (Å²) in [6.07, 6.45) is 8.32. The lowest BCUT2D eigenvalue weighted by atomic mass is 10.1. The van der Waals surface area contributed by atoms with Crippen LogP contribution in [0.2, 0.25) is 0 Å². The number of unbranched alkanes of at least 4 members (excludes halogenated alkanes) is 4. The van der Waals surface area contributed by atoms with Gasteiger partial charge in [0.05, 0.1) is 14.1 Å². The Hall–Kier alpha value is -0.120. The summed E-state index contributed by atoms with van der Waals surface area (Å²) >= 11 is 0. The third-order valence-corrected chi connectivity index (χ3v) is 3.69. The van der Waals surface area contributed by atoms with Gasteiger partial charge in [-0.05, 0) is 12.8 Å². The van der Waals surface area contributed by atoms with Crippen LogP contribution in [0.25, 0.3) is 0 Å². The maximum Gasteiger partial charge on any atom is 0.105 e. The van der Waals surface area contributed by atoms with Gasteiger partial charge >= 0.3 is 0 Å². The van der Waals surface area contributed by atoms with E-state index in [2.05, 4.69) is 27.9 Å². The fourth-order valence-electron chi connectivity index (χ4n) is 2.66. The molecule has 0 heterocycles. The summed E-state index contributed by atoms with van der Waals surface area (Å²) in [7, 11) is 4.21. The molecule has 0 saturated carbocycles. The third kappa shape index (κ3) is 11.4. The van der Waals surface area contributed by atoms with Crippen molar-refractivity contribution in [3.05, 3.63) is 0 Å². The van der Waals surface area contributed by atoms with Gasteiger partial charge in [0.25, 0.3) is 0 Å². The molecule has 0 aromatic rings. The quantitative estimate of drug-likeness (QED) is 0.424. The first kappa shape index (κ1) is 18.9. The van der Waals surface area contributed by atoms with Gasteiger partial charge < -0.3 is 14.7 Å². The second-order valence-electron chi connectivity index (χ2n) is 6.60. The van der Waals surface area contributed by atoms with Crippen molar-refractivity contribution in [2.24, 2.45) is 0 Å². The number of hydrogen-bond acceptors (Lipinski definition) is 2. The normalized spacial score (nSPS) is 15.5. The molecule has 19 heavy (non-hydrogen) atoms. The fourth-order valence-corrected chi connectivity index (χ4v) is 2.66. The largest absolute Gasteiger partial charge is 0.387 e. The lowest BCUT2D eigenvalue weighted by Gasteiger charge is -2.33. The highest BCUT2D eigenvalue weighted by Crippen LogP contribution is 2.11. The Morgan fingerprint density at radius 1 is 0.737 bits per heavy atom. The molecule has 0 aromatic heterocycles. The minimum Gasteiger partial charge on any atom is -0.387 e. The van der Waals surface area contributed by atoms with Gasteiger partial charge in [0, 0.05) is 0 Å². The van der Waals surface area contributed by atoms with E-state index >= 15 is 0 Å². The van der Waals surface area contributed by atoms with E-state index in [1.165, 1.54) is 25.7 Å². The molecule has 0 bridgehead atoms. The molecule has 3 heteroatoms. The molecule has 3 nitrogen and oxygen atoms in total. The number of aliphatic hydroxyl groups excluding tert-OH is 2. The summed E-state index contributed by atoms with van der Waals surface area (Å²) in [5, 5.41) is 20.1. The third-order valence-electron chi connectivity index (χ3n) is 3.69. The molecule has 2 unspecified atom stereocenters. The average molecular weight is 274 g/mol. The predicted octanol–water partition coefficient (Wildman–Crippen LogP) is 2.95. The molecular formula is C16H36NO2+. The van der Waals surface area contributed by atoms with Crippen LogP contribution in [0.4, 0.5) is 0 Å². The van der Waals surface area contributed by atoms with Gasteiger partial charge in [0.2, 0.25) is 0 Å². The first-order valence-electron chi connectivity index (χ1n) is 8.09. The Labute approximate surface area is 120 Å². The van der Waals surface area contributed by atoms with Gasteiger partial charge in [-0.2, -0.15) is 0 Å². The molecule has 116 valence electrons. The summed E-state index contributed by atoms with van der Waals surface area (Å²) in [5.41, 5.74) is 0.